The molecule has 0 spiro atoms. The van der Waals surface area contributed by atoms with Gasteiger partial charge in [0, 0.05) is 37.6 Å². The number of hydrogen-bond acceptors (Lipinski definition) is 4. The van der Waals surface area contributed by atoms with E-state index >= 15 is 0 Å². The number of amides is 1. The number of benzene rings is 2. The van der Waals surface area contributed by atoms with Crippen molar-refractivity contribution in [3.8, 4) is 0 Å². The summed E-state index contributed by atoms with van der Waals surface area (Å²) in [7, 11) is -3.78. The van der Waals surface area contributed by atoms with E-state index in [1.54, 1.807) is 23.2 Å². The average molecular weight is 512 g/mol. The number of aryl methyl sites for hydroxylation is 1. The lowest BCUT2D eigenvalue weighted by Gasteiger charge is -2.39. The van der Waals surface area contributed by atoms with Crippen LogP contribution < -0.4 is 0 Å². The molecule has 6 nitrogen and oxygen atoms in total. The number of nitrogens with zero attached hydrogens (tertiary/aromatic N) is 3. The second kappa shape index (κ2) is 9.22. The van der Waals surface area contributed by atoms with Crippen LogP contribution in [-0.2, 0) is 16.6 Å². The average Bonchev–Trinajstić information content (AvgIpc) is 3.41. The molecule has 0 saturated carbocycles. The van der Waals surface area contributed by atoms with Gasteiger partial charge in [0.05, 0.1) is 4.90 Å². The van der Waals surface area contributed by atoms with Crippen molar-refractivity contribution < 1.29 is 17.6 Å². The maximum atomic E-state index is 13.7. The van der Waals surface area contributed by atoms with Crippen molar-refractivity contribution in [3.63, 3.8) is 0 Å². The Labute approximate surface area is 208 Å². The number of carbonyl (C=O) groups excluding carboxylic acids is 1. The molecule has 1 unspecified atom stereocenters. The molecule has 0 bridgehead atoms. The standard InChI is InChI=1S/C26H26FN3O3S2/c1-18-4-3-5-20(14-18)17-29-24(15-21-10-13-34-26(21)29)25(31)28-11-12-30(19(2)16-28)35(32,33)23-8-6-22(27)7-9-23/h3-10,13-15,19H,11-12,16-17H2,1-2H3. The van der Waals surface area contributed by atoms with Gasteiger partial charge in [-0.15, -0.1) is 11.3 Å². The highest BCUT2D eigenvalue weighted by Gasteiger charge is 2.36. The molecule has 35 heavy (non-hydrogen) atoms. The van der Waals surface area contributed by atoms with Crippen LogP contribution in [-0.4, -0.2) is 53.8 Å². The maximum absolute atomic E-state index is 13.7. The van der Waals surface area contributed by atoms with Gasteiger partial charge in [-0.2, -0.15) is 4.31 Å². The minimum Gasteiger partial charge on any atom is -0.334 e. The van der Waals surface area contributed by atoms with Crippen LogP contribution in [0.15, 0.2) is 70.9 Å². The number of fused-ring (bicyclic) bond motifs is 1. The van der Waals surface area contributed by atoms with Gasteiger partial charge in [0.25, 0.3) is 5.91 Å². The number of hydrogen-bond donors (Lipinski definition) is 0. The van der Waals surface area contributed by atoms with Gasteiger partial charge in [-0.25, -0.2) is 12.8 Å². The van der Waals surface area contributed by atoms with E-state index in [4.69, 9.17) is 0 Å². The fourth-order valence-corrected chi connectivity index (χ4v) is 7.20. The van der Waals surface area contributed by atoms with Gasteiger partial charge in [-0.3, -0.25) is 4.79 Å². The van der Waals surface area contributed by atoms with E-state index in [1.807, 2.05) is 36.6 Å². The smallest absolute Gasteiger partial charge is 0.270 e. The molecule has 182 valence electrons. The Balaban J connectivity index is 1.39. The molecule has 1 fully saturated rings. The Morgan fingerprint density at radius 1 is 1.09 bits per heavy atom. The van der Waals surface area contributed by atoms with Crippen molar-refractivity contribution >= 4 is 37.5 Å². The van der Waals surface area contributed by atoms with E-state index in [1.165, 1.54) is 16.4 Å². The Kier molecular flexibility index (Phi) is 6.25. The SMILES string of the molecule is Cc1cccc(Cn2c(C(=O)N3CCN(S(=O)(=O)c4ccc(F)cc4)C(C)C3)cc3ccsc32)c1. The van der Waals surface area contributed by atoms with Crippen LogP contribution in [0, 0.1) is 12.7 Å². The van der Waals surface area contributed by atoms with Crippen LogP contribution in [0.2, 0.25) is 0 Å². The summed E-state index contributed by atoms with van der Waals surface area (Å²) in [4.78, 5) is 16.5. The van der Waals surface area contributed by atoms with Crippen molar-refractivity contribution in [3.05, 3.63) is 88.7 Å². The minimum atomic E-state index is -3.78. The monoisotopic (exact) mass is 511 g/mol. The summed E-state index contributed by atoms with van der Waals surface area (Å²) >= 11 is 1.60. The first-order valence-electron chi connectivity index (χ1n) is 11.4. The molecule has 1 aliphatic heterocycles. The second-order valence-corrected chi connectivity index (χ2v) is 11.7. The highest BCUT2D eigenvalue weighted by molar-refractivity contribution is 7.89. The van der Waals surface area contributed by atoms with Crippen LogP contribution in [0.25, 0.3) is 10.2 Å². The summed E-state index contributed by atoms with van der Waals surface area (Å²) in [5, 5.41) is 3.05. The number of sulfonamides is 1. The summed E-state index contributed by atoms with van der Waals surface area (Å²) in [6.45, 7) is 5.17. The van der Waals surface area contributed by atoms with Gasteiger partial charge in [-0.1, -0.05) is 29.8 Å². The van der Waals surface area contributed by atoms with Crippen LogP contribution in [0.1, 0.15) is 28.5 Å². The fraction of sp³-hybridized carbons (Fsp3) is 0.269. The van der Waals surface area contributed by atoms with Crippen LogP contribution in [0.4, 0.5) is 4.39 Å². The third kappa shape index (κ3) is 4.51. The number of halogens is 1. The predicted octanol–water partition coefficient (Wildman–Crippen LogP) is 4.73. The summed E-state index contributed by atoms with van der Waals surface area (Å²) in [5.41, 5.74) is 2.89. The summed E-state index contributed by atoms with van der Waals surface area (Å²) in [6, 6.07) is 16.6. The topological polar surface area (TPSA) is 62.6 Å². The van der Waals surface area contributed by atoms with Crippen LogP contribution in [0.3, 0.4) is 0 Å². The molecule has 9 heteroatoms. The quantitative estimate of drug-likeness (QED) is 0.389. The van der Waals surface area contributed by atoms with E-state index in [0.29, 0.717) is 12.2 Å². The lowest BCUT2D eigenvalue weighted by molar-refractivity contribution is 0.0632. The molecule has 0 radical (unpaired) electrons. The molecule has 1 amide bonds. The Bertz CT molecular complexity index is 1490. The van der Waals surface area contributed by atoms with Crippen LogP contribution in [0.5, 0.6) is 0 Å². The van der Waals surface area contributed by atoms with Crippen molar-refractivity contribution in [2.75, 3.05) is 19.6 Å². The van der Waals surface area contributed by atoms with Gasteiger partial charge in [0.1, 0.15) is 16.3 Å². The van der Waals surface area contributed by atoms with Gasteiger partial charge < -0.3 is 9.47 Å². The van der Waals surface area contributed by atoms with E-state index in [0.717, 1.165) is 33.5 Å². The molecule has 5 rings (SSSR count). The van der Waals surface area contributed by atoms with Crippen molar-refractivity contribution in [1.82, 2.24) is 13.8 Å². The molecule has 0 aliphatic carbocycles. The van der Waals surface area contributed by atoms with E-state index in [9.17, 15) is 17.6 Å². The fourth-order valence-electron chi connectivity index (χ4n) is 4.69. The molecule has 2 aromatic carbocycles. The van der Waals surface area contributed by atoms with Crippen molar-refractivity contribution in [2.45, 2.75) is 31.3 Å². The number of carbonyl (C=O) groups is 1. The third-order valence-corrected chi connectivity index (χ3v) is 9.40. The summed E-state index contributed by atoms with van der Waals surface area (Å²) in [6.07, 6.45) is 0. The Morgan fingerprint density at radius 3 is 2.57 bits per heavy atom. The Hall–Kier alpha value is -3.01. The first-order chi connectivity index (χ1) is 16.7. The number of piperazine rings is 1. The van der Waals surface area contributed by atoms with Crippen molar-refractivity contribution in [2.24, 2.45) is 0 Å². The molecule has 1 aliphatic rings. The summed E-state index contributed by atoms with van der Waals surface area (Å²) < 4.78 is 43.0. The van der Waals surface area contributed by atoms with Gasteiger partial charge in [0.2, 0.25) is 10.0 Å². The highest BCUT2D eigenvalue weighted by Crippen LogP contribution is 2.29. The zero-order chi connectivity index (χ0) is 24.7. The molecule has 2 aromatic heterocycles. The normalized spacial score (nSPS) is 17.2. The zero-order valence-corrected chi connectivity index (χ0v) is 21.2. The first kappa shape index (κ1) is 23.7. The van der Waals surface area contributed by atoms with Crippen molar-refractivity contribution in [1.29, 1.82) is 0 Å². The molecule has 3 heterocycles. The lowest BCUT2D eigenvalue weighted by atomic mass is 10.1. The summed E-state index contributed by atoms with van der Waals surface area (Å²) in [5.74, 6) is -0.590. The molecule has 1 saturated heterocycles. The number of thiophene rings is 1. The zero-order valence-electron chi connectivity index (χ0n) is 19.5. The Morgan fingerprint density at radius 2 is 1.86 bits per heavy atom. The molecule has 1 atom stereocenters. The maximum Gasteiger partial charge on any atom is 0.270 e. The highest BCUT2D eigenvalue weighted by atomic mass is 32.2. The molecular weight excluding hydrogens is 485 g/mol. The lowest BCUT2D eigenvalue weighted by Crippen LogP contribution is -2.55. The molecule has 0 N–H and O–H groups in total. The largest absolute Gasteiger partial charge is 0.334 e. The van der Waals surface area contributed by atoms with E-state index in [-0.39, 0.29) is 30.4 Å². The van der Waals surface area contributed by atoms with Gasteiger partial charge in [0.15, 0.2) is 0 Å². The van der Waals surface area contributed by atoms with E-state index < -0.39 is 21.9 Å². The third-order valence-electron chi connectivity index (χ3n) is 6.42. The number of rotatable bonds is 5. The molecule has 4 aromatic rings. The second-order valence-electron chi connectivity index (χ2n) is 8.96. The van der Waals surface area contributed by atoms with Gasteiger partial charge >= 0.3 is 0 Å². The molecular formula is C26H26FN3O3S2. The minimum absolute atomic E-state index is 0.0535. The first-order valence-corrected chi connectivity index (χ1v) is 13.7. The predicted molar refractivity (Wildman–Crippen MR) is 136 cm³/mol. The van der Waals surface area contributed by atoms with Gasteiger partial charge in [-0.05, 0) is 61.2 Å². The number of aromatic nitrogens is 1. The van der Waals surface area contributed by atoms with E-state index in [2.05, 4.69) is 16.7 Å². The van der Waals surface area contributed by atoms with Crippen LogP contribution >= 0.6 is 11.3 Å².